The standard InChI is InChI=1S/C32H55N3O2.C27H29NO10/c1-21(2)7-6-8-22(3)26-9-10-27-25-17-29(34-16-13-23-19-33-20-35-23)32(37)18-24(36)11-15-31(32,5)28(25)12-14-30(26,27)4;1-10-22(30)14(28)7-17(37-10)38-16-9-27(35,11(2)29)8-13-19(16)26(34)21-20(24(13)32)23(31)12-5-4-6-15(36-3)18(12)25(21)33/h19-22,24-29,34,36-37H,6-18H2,1-5H3,(H,33,35);4-6,10,14,16-17,22,30,32,34-35H,7-9,28H2,1-3H3/t22-,24+,25+,26-,27+,28+,29-,30-,31-,32+;10-,14-,16-,17-,22+,27-/m10/s1. The van der Waals surface area contributed by atoms with Gasteiger partial charge in [-0.15, -0.1) is 0 Å². The van der Waals surface area contributed by atoms with Crippen molar-refractivity contribution in [2.75, 3.05) is 13.7 Å². The Hall–Kier alpha value is -4.26. The third-order valence-corrected chi connectivity index (χ3v) is 20.2. The van der Waals surface area contributed by atoms with Crippen molar-refractivity contribution in [2.45, 2.75) is 199 Å². The number of phenolic OH excluding ortho intramolecular Hbond substituents is 2. The van der Waals surface area contributed by atoms with Gasteiger partial charge in [0.05, 0.1) is 60.1 Å². The summed E-state index contributed by atoms with van der Waals surface area (Å²) in [6.45, 7) is 15.9. The smallest absolute Gasteiger partial charge is 0.202 e. The average Bonchev–Trinajstić information content (AvgIpc) is 4.06. The van der Waals surface area contributed by atoms with E-state index in [0.29, 0.717) is 23.7 Å². The van der Waals surface area contributed by atoms with Gasteiger partial charge in [0.1, 0.15) is 22.8 Å². The van der Waals surface area contributed by atoms with Crippen LogP contribution in [-0.2, 0) is 27.1 Å². The van der Waals surface area contributed by atoms with Crippen molar-refractivity contribution in [1.29, 1.82) is 0 Å². The molecule has 412 valence electrons. The second-order valence-corrected chi connectivity index (χ2v) is 24.8. The zero-order valence-electron chi connectivity index (χ0n) is 45.4. The summed E-state index contributed by atoms with van der Waals surface area (Å²) >= 11 is 0. The second kappa shape index (κ2) is 21.2. The molecule has 5 fully saturated rings. The number of methoxy groups -OCH3 is 1. The zero-order chi connectivity index (χ0) is 54.1. The summed E-state index contributed by atoms with van der Waals surface area (Å²) in [6.07, 6.45) is 12.4. The number of aliphatic hydroxyl groups is 4. The molecular formula is C59H84N4O12. The summed E-state index contributed by atoms with van der Waals surface area (Å²) in [5.41, 5.74) is 3.59. The molecule has 3 aromatic rings. The Bertz CT molecular complexity index is 2600. The summed E-state index contributed by atoms with van der Waals surface area (Å²) in [7, 11) is 1.34. The monoisotopic (exact) mass is 1040 g/mol. The first-order chi connectivity index (χ1) is 35.5. The topological polar surface area (TPSA) is 267 Å². The minimum absolute atomic E-state index is 0.0147. The number of aromatic hydroxyl groups is 2. The Morgan fingerprint density at radius 3 is 2.39 bits per heavy atom. The number of carbonyl (C=O) groups is 3. The highest BCUT2D eigenvalue weighted by Crippen LogP contribution is 2.69. The maximum atomic E-state index is 13.6. The normalized spacial score (nSPS) is 37.2. The molecule has 2 heterocycles. The lowest BCUT2D eigenvalue weighted by atomic mass is 9.42. The van der Waals surface area contributed by atoms with Gasteiger partial charge in [0.2, 0.25) is 5.78 Å². The Balaban J connectivity index is 0.000000184. The predicted octanol–water partition coefficient (Wildman–Crippen LogP) is 7.15. The van der Waals surface area contributed by atoms with Gasteiger partial charge in [-0.1, -0.05) is 66.0 Å². The van der Waals surface area contributed by atoms with E-state index in [1.54, 1.807) is 13.3 Å². The number of aromatic amines is 1. The number of carbonyl (C=O) groups excluding carboxylic acids is 3. The Morgan fingerprint density at radius 2 is 1.71 bits per heavy atom. The van der Waals surface area contributed by atoms with Crippen molar-refractivity contribution < 1.29 is 59.2 Å². The number of imidazole rings is 1. The van der Waals surface area contributed by atoms with E-state index in [-0.39, 0.29) is 58.4 Å². The molecule has 0 spiro atoms. The molecule has 2 aromatic carbocycles. The van der Waals surface area contributed by atoms with Crippen LogP contribution in [0.2, 0.25) is 0 Å². The van der Waals surface area contributed by atoms with Crippen LogP contribution in [0.5, 0.6) is 17.2 Å². The lowest BCUT2D eigenvalue weighted by Crippen LogP contribution is -2.71. The third-order valence-electron chi connectivity index (χ3n) is 20.2. The van der Waals surface area contributed by atoms with Crippen LogP contribution >= 0.6 is 0 Å². The highest BCUT2D eigenvalue weighted by Gasteiger charge is 2.67. The van der Waals surface area contributed by atoms with Crippen LogP contribution in [0, 0.1) is 46.3 Å². The molecule has 0 bridgehead atoms. The molecule has 16 nitrogen and oxygen atoms in total. The number of fused-ring (bicyclic) bond motifs is 8. The van der Waals surface area contributed by atoms with Gasteiger partial charge in [-0.2, -0.15) is 0 Å². The van der Waals surface area contributed by atoms with E-state index in [1.807, 2.05) is 6.20 Å². The molecule has 75 heavy (non-hydrogen) atoms. The van der Waals surface area contributed by atoms with Crippen LogP contribution in [-0.4, -0.2) is 119 Å². The highest BCUT2D eigenvalue weighted by atomic mass is 16.7. The number of phenols is 2. The van der Waals surface area contributed by atoms with Crippen molar-refractivity contribution in [3.63, 3.8) is 0 Å². The molecule has 10 rings (SSSR count). The molecule has 1 saturated heterocycles. The van der Waals surface area contributed by atoms with Crippen molar-refractivity contribution in [3.8, 4) is 17.2 Å². The van der Waals surface area contributed by atoms with Crippen LogP contribution < -0.4 is 15.8 Å². The molecular weight excluding hydrogens is 957 g/mol. The fraction of sp³-hybridized carbons (Fsp3) is 0.695. The van der Waals surface area contributed by atoms with Gasteiger partial charge in [-0.3, -0.25) is 14.4 Å². The number of nitrogens with one attached hydrogen (secondary N) is 2. The number of hydrogen-bond acceptors (Lipinski definition) is 15. The fourth-order valence-corrected chi connectivity index (χ4v) is 16.0. The second-order valence-electron chi connectivity index (χ2n) is 24.8. The first kappa shape index (κ1) is 55.5. The molecule has 1 aliphatic heterocycles. The van der Waals surface area contributed by atoms with E-state index in [4.69, 9.17) is 19.9 Å². The Kier molecular flexibility index (Phi) is 15.7. The summed E-state index contributed by atoms with van der Waals surface area (Å²) < 4.78 is 17.1. The number of aromatic nitrogens is 2. The van der Waals surface area contributed by atoms with Crippen LogP contribution in [0.4, 0.5) is 0 Å². The minimum atomic E-state index is -2.00. The number of Topliss-reactive ketones (excluding diaryl/α,β-unsaturated/α-hetero) is 1. The van der Waals surface area contributed by atoms with E-state index in [0.717, 1.165) is 61.6 Å². The number of nitrogens with zero attached hydrogens (tertiary/aromatic N) is 1. The highest BCUT2D eigenvalue weighted by molar-refractivity contribution is 6.31. The number of ether oxygens (including phenoxy) is 3. The van der Waals surface area contributed by atoms with Gasteiger partial charge in [-0.05, 0) is 106 Å². The van der Waals surface area contributed by atoms with Crippen molar-refractivity contribution >= 4 is 17.3 Å². The molecule has 16 heteroatoms. The van der Waals surface area contributed by atoms with Crippen LogP contribution in [0.1, 0.15) is 187 Å². The molecule has 0 radical (unpaired) electrons. The molecule has 1 aromatic heterocycles. The lowest BCUT2D eigenvalue weighted by Gasteiger charge is -2.66. The molecule has 6 aliphatic carbocycles. The Labute approximate surface area is 441 Å². The maximum absolute atomic E-state index is 13.6. The summed E-state index contributed by atoms with van der Waals surface area (Å²) in [6, 6.07) is 3.79. The first-order valence-corrected chi connectivity index (χ1v) is 27.9. The molecule has 0 amide bonds. The van der Waals surface area contributed by atoms with Crippen molar-refractivity contribution in [2.24, 2.45) is 52.1 Å². The minimum Gasteiger partial charge on any atom is -0.507 e. The van der Waals surface area contributed by atoms with Gasteiger partial charge < -0.3 is 60.9 Å². The number of H-pyrrole nitrogens is 1. The SMILES string of the molecule is CC(C)CCC[C@@H](C)[C@H]1CC[C@H]2[C@@H]3C[C@@H](NCCc4cnc[nH]4)[C@@]4(O)C[C@@H](O)CC[C@]4(C)[C@H]3CC[C@]12C.COc1cccc2c1C(=O)c1c(O)c3c(c(O)c1C2=O)C[C@@](O)(C(C)=O)C[C@@H]3O[C@H]1C[C@H](N)[C@H](O)[C@H](C)O1. The number of hydrogen-bond donors (Lipinski definition) is 9. The zero-order valence-corrected chi connectivity index (χ0v) is 45.4. The number of ketones is 3. The maximum Gasteiger partial charge on any atom is 0.202 e. The number of aliphatic hydroxyl groups excluding tert-OH is 2. The summed E-state index contributed by atoms with van der Waals surface area (Å²) in [5.74, 6) is 1.31. The lowest BCUT2D eigenvalue weighted by molar-refractivity contribution is -0.247. The first-order valence-electron chi connectivity index (χ1n) is 27.9. The van der Waals surface area contributed by atoms with E-state index in [2.05, 4.69) is 49.9 Å². The van der Waals surface area contributed by atoms with Crippen LogP contribution in [0.3, 0.4) is 0 Å². The number of nitrogens with two attached hydrogens (primary N) is 1. The molecule has 4 saturated carbocycles. The van der Waals surface area contributed by atoms with Crippen LogP contribution in [0.15, 0.2) is 30.7 Å². The van der Waals surface area contributed by atoms with Crippen molar-refractivity contribution in [3.05, 3.63) is 69.8 Å². The van der Waals surface area contributed by atoms with E-state index in [1.165, 1.54) is 77.2 Å². The largest absolute Gasteiger partial charge is 0.507 e. The summed E-state index contributed by atoms with van der Waals surface area (Å²) in [5, 5.41) is 71.1. The molecule has 7 aliphatic rings. The van der Waals surface area contributed by atoms with Gasteiger partial charge in [0.15, 0.2) is 17.9 Å². The van der Waals surface area contributed by atoms with Crippen LogP contribution in [0.25, 0.3) is 0 Å². The average molecular weight is 1040 g/mol. The van der Waals surface area contributed by atoms with Gasteiger partial charge in [-0.25, -0.2) is 4.98 Å². The predicted molar refractivity (Wildman–Crippen MR) is 280 cm³/mol. The van der Waals surface area contributed by atoms with E-state index in [9.17, 15) is 45.0 Å². The van der Waals surface area contributed by atoms with Gasteiger partial charge in [0, 0.05) is 84.7 Å². The van der Waals surface area contributed by atoms with E-state index < -0.39 is 88.2 Å². The molecule has 10 N–H and O–H groups in total. The fourth-order valence-electron chi connectivity index (χ4n) is 16.0. The van der Waals surface area contributed by atoms with Gasteiger partial charge in [0.25, 0.3) is 0 Å². The van der Waals surface area contributed by atoms with E-state index >= 15 is 0 Å². The van der Waals surface area contributed by atoms with Crippen molar-refractivity contribution in [1.82, 2.24) is 15.3 Å². The quantitative estimate of drug-likeness (QED) is 0.0602. The number of benzene rings is 2. The summed E-state index contributed by atoms with van der Waals surface area (Å²) in [4.78, 5) is 47.0. The molecule has 0 unspecified atom stereocenters. The third kappa shape index (κ3) is 9.69. The van der Waals surface area contributed by atoms with Gasteiger partial charge >= 0.3 is 0 Å². The number of rotatable bonds is 13. The Morgan fingerprint density at radius 1 is 0.960 bits per heavy atom. The molecule has 16 atom stereocenters.